The molecule has 2 aromatic rings. The van der Waals surface area contributed by atoms with Gasteiger partial charge in [0.2, 0.25) is 10.0 Å². The van der Waals surface area contributed by atoms with E-state index in [4.69, 9.17) is 4.74 Å². The molecule has 25 heavy (non-hydrogen) atoms. The fraction of sp³-hybridized carbons (Fsp3) is 0.312. The summed E-state index contributed by atoms with van der Waals surface area (Å²) in [5, 5.41) is 10.9. The van der Waals surface area contributed by atoms with Gasteiger partial charge in [-0.15, -0.1) is 0 Å². The molecule has 1 unspecified atom stereocenters. The number of hydrogen-bond donors (Lipinski definition) is 0. The predicted octanol–water partition coefficient (Wildman–Crippen LogP) is 2.22. The zero-order valence-corrected chi connectivity index (χ0v) is 14.1. The maximum absolute atomic E-state index is 12.8. The molecule has 0 N–H and O–H groups in total. The fourth-order valence-electron chi connectivity index (χ4n) is 2.74. The first-order valence-corrected chi connectivity index (χ1v) is 9.22. The van der Waals surface area contributed by atoms with Gasteiger partial charge in [-0.05, 0) is 31.0 Å². The van der Waals surface area contributed by atoms with E-state index in [1.165, 1.54) is 22.5 Å². The molecule has 1 fully saturated rings. The van der Waals surface area contributed by atoms with Gasteiger partial charge < -0.3 is 4.74 Å². The minimum atomic E-state index is -3.81. The molecule has 3 rings (SSSR count). The Morgan fingerprint density at radius 3 is 2.72 bits per heavy atom. The van der Waals surface area contributed by atoms with Gasteiger partial charge in [-0.3, -0.25) is 15.1 Å². The molecule has 1 aliphatic rings. The molecule has 0 bridgehead atoms. The standard InChI is InChI=1S/C16H17N3O5S/c20-19(21)13-3-1-5-16(11-13)25(22,23)18-10-2-4-15(12-18)24-14-6-8-17-9-7-14/h1,3,5-9,11,15H,2,4,10,12H2. The van der Waals surface area contributed by atoms with Crippen LogP contribution < -0.4 is 4.74 Å². The highest BCUT2D eigenvalue weighted by Crippen LogP contribution is 2.25. The van der Waals surface area contributed by atoms with Gasteiger partial charge in [0.05, 0.1) is 16.4 Å². The number of non-ortho nitro benzene ring substituents is 1. The average molecular weight is 363 g/mol. The topological polar surface area (TPSA) is 103 Å². The molecule has 0 amide bonds. The van der Waals surface area contributed by atoms with E-state index in [1.807, 2.05) is 0 Å². The van der Waals surface area contributed by atoms with E-state index in [0.717, 1.165) is 12.5 Å². The van der Waals surface area contributed by atoms with Crippen molar-refractivity contribution in [2.75, 3.05) is 13.1 Å². The summed E-state index contributed by atoms with van der Waals surface area (Å²) in [6.45, 7) is 0.564. The maximum atomic E-state index is 12.8. The summed E-state index contributed by atoms with van der Waals surface area (Å²) in [6, 6.07) is 8.53. The first-order chi connectivity index (χ1) is 12.0. The molecule has 0 saturated carbocycles. The van der Waals surface area contributed by atoms with Gasteiger partial charge in [0.1, 0.15) is 11.9 Å². The highest BCUT2D eigenvalue weighted by molar-refractivity contribution is 7.89. The van der Waals surface area contributed by atoms with Crippen LogP contribution in [0.4, 0.5) is 5.69 Å². The summed E-state index contributed by atoms with van der Waals surface area (Å²) in [5.74, 6) is 0.634. The number of rotatable bonds is 5. The van der Waals surface area contributed by atoms with Crippen LogP contribution in [0.5, 0.6) is 5.75 Å². The van der Waals surface area contributed by atoms with Crippen LogP contribution in [0, 0.1) is 10.1 Å². The number of nitro groups is 1. The molecule has 1 saturated heterocycles. The summed E-state index contributed by atoms with van der Waals surface area (Å²) in [7, 11) is -3.81. The van der Waals surface area contributed by atoms with E-state index in [9.17, 15) is 18.5 Å². The largest absolute Gasteiger partial charge is 0.489 e. The second-order valence-electron chi connectivity index (χ2n) is 5.68. The van der Waals surface area contributed by atoms with Crippen molar-refractivity contribution >= 4 is 15.7 Å². The lowest BCUT2D eigenvalue weighted by molar-refractivity contribution is -0.385. The number of sulfonamides is 1. The van der Waals surface area contributed by atoms with E-state index in [2.05, 4.69) is 4.98 Å². The Hall–Kier alpha value is -2.52. The van der Waals surface area contributed by atoms with Crippen molar-refractivity contribution in [3.05, 3.63) is 58.9 Å². The molecule has 1 aromatic carbocycles. The lowest BCUT2D eigenvalue weighted by atomic mass is 10.1. The van der Waals surface area contributed by atoms with E-state index in [-0.39, 0.29) is 23.2 Å². The third-order valence-electron chi connectivity index (χ3n) is 3.96. The Labute approximate surface area is 145 Å². The Morgan fingerprint density at radius 1 is 1.24 bits per heavy atom. The van der Waals surface area contributed by atoms with Gasteiger partial charge in [-0.25, -0.2) is 8.42 Å². The van der Waals surface area contributed by atoms with Gasteiger partial charge in [-0.1, -0.05) is 6.07 Å². The molecule has 0 spiro atoms. The van der Waals surface area contributed by atoms with Crippen LogP contribution in [0.1, 0.15) is 12.8 Å². The Balaban J connectivity index is 1.78. The van der Waals surface area contributed by atoms with Crippen LogP contribution in [-0.4, -0.2) is 41.8 Å². The lowest BCUT2D eigenvalue weighted by Gasteiger charge is -2.32. The molecule has 8 nitrogen and oxygen atoms in total. The van der Waals surface area contributed by atoms with Gasteiger partial charge in [0, 0.05) is 31.1 Å². The molecule has 1 atom stereocenters. The first-order valence-electron chi connectivity index (χ1n) is 7.78. The maximum Gasteiger partial charge on any atom is 0.270 e. The fourth-order valence-corrected chi connectivity index (χ4v) is 4.29. The monoisotopic (exact) mass is 363 g/mol. The first kappa shape index (κ1) is 17.3. The van der Waals surface area contributed by atoms with Crippen molar-refractivity contribution in [1.29, 1.82) is 0 Å². The Morgan fingerprint density at radius 2 is 2.00 bits per heavy atom. The Bertz CT molecular complexity index is 857. The molecular formula is C16H17N3O5S. The van der Waals surface area contributed by atoms with E-state index in [1.54, 1.807) is 24.5 Å². The van der Waals surface area contributed by atoms with Crippen LogP contribution in [0.3, 0.4) is 0 Å². The molecule has 9 heteroatoms. The van der Waals surface area contributed by atoms with Gasteiger partial charge in [0.25, 0.3) is 5.69 Å². The predicted molar refractivity (Wildman–Crippen MR) is 89.7 cm³/mol. The zero-order chi connectivity index (χ0) is 17.9. The number of ether oxygens (including phenoxy) is 1. The number of nitro benzene ring substituents is 1. The van der Waals surface area contributed by atoms with Crippen molar-refractivity contribution in [3.63, 3.8) is 0 Å². The minimum absolute atomic E-state index is 0.0775. The third-order valence-corrected chi connectivity index (χ3v) is 5.82. The second-order valence-corrected chi connectivity index (χ2v) is 7.62. The number of benzene rings is 1. The molecule has 132 valence electrons. The van der Waals surface area contributed by atoms with Crippen molar-refractivity contribution in [3.8, 4) is 5.75 Å². The normalized spacial score (nSPS) is 18.6. The van der Waals surface area contributed by atoms with Crippen LogP contribution in [0.15, 0.2) is 53.7 Å². The third kappa shape index (κ3) is 3.94. The van der Waals surface area contributed by atoms with Crippen LogP contribution >= 0.6 is 0 Å². The van der Waals surface area contributed by atoms with Gasteiger partial charge >= 0.3 is 0 Å². The summed E-state index contributed by atoms with van der Waals surface area (Å²) >= 11 is 0. The average Bonchev–Trinajstić information content (AvgIpc) is 2.63. The van der Waals surface area contributed by atoms with E-state index < -0.39 is 14.9 Å². The minimum Gasteiger partial charge on any atom is -0.489 e. The number of aromatic nitrogens is 1. The van der Waals surface area contributed by atoms with Crippen LogP contribution in [0.2, 0.25) is 0 Å². The summed E-state index contributed by atoms with van der Waals surface area (Å²) in [5.41, 5.74) is -0.248. The van der Waals surface area contributed by atoms with Gasteiger partial charge in [0.15, 0.2) is 0 Å². The van der Waals surface area contributed by atoms with Crippen LogP contribution in [0.25, 0.3) is 0 Å². The van der Waals surface area contributed by atoms with Crippen molar-refractivity contribution in [1.82, 2.24) is 9.29 Å². The number of pyridine rings is 1. The lowest BCUT2D eigenvalue weighted by Crippen LogP contribution is -2.44. The van der Waals surface area contributed by atoms with E-state index >= 15 is 0 Å². The summed E-state index contributed by atoms with van der Waals surface area (Å²) in [6.07, 6.45) is 4.34. The summed E-state index contributed by atoms with van der Waals surface area (Å²) in [4.78, 5) is 14.1. The Kier molecular flexibility index (Phi) is 4.95. The van der Waals surface area contributed by atoms with Crippen molar-refractivity contribution in [2.45, 2.75) is 23.8 Å². The SMILES string of the molecule is O=[N+]([O-])c1cccc(S(=O)(=O)N2CCCC(Oc3ccncc3)C2)c1. The molecule has 0 radical (unpaired) electrons. The molecular weight excluding hydrogens is 346 g/mol. The van der Waals surface area contributed by atoms with Crippen molar-refractivity contribution in [2.24, 2.45) is 0 Å². The zero-order valence-electron chi connectivity index (χ0n) is 13.3. The number of piperidine rings is 1. The molecule has 0 aliphatic carbocycles. The highest BCUT2D eigenvalue weighted by Gasteiger charge is 2.32. The molecule has 1 aromatic heterocycles. The highest BCUT2D eigenvalue weighted by atomic mass is 32.2. The van der Waals surface area contributed by atoms with Crippen molar-refractivity contribution < 1.29 is 18.1 Å². The van der Waals surface area contributed by atoms with E-state index in [0.29, 0.717) is 18.7 Å². The van der Waals surface area contributed by atoms with Gasteiger partial charge in [-0.2, -0.15) is 4.31 Å². The smallest absolute Gasteiger partial charge is 0.270 e. The molecule has 2 heterocycles. The summed E-state index contributed by atoms with van der Waals surface area (Å²) < 4.78 is 32.7. The van der Waals surface area contributed by atoms with Crippen LogP contribution in [-0.2, 0) is 10.0 Å². The number of hydrogen-bond acceptors (Lipinski definition) is 6. The molecule has 1 aliphatic heterocycles. The quantitative estimate of drug-likeness (QED) is 0.596. The second kappa shape index (κ2) is 7.16. The number of nitrogens with zero attached hydrogens (tertiary/aromatic N) is 3.